The molecule has 1 rings (SSSR count). The van der Waals surface area contributed by atoms with E-state index in [1.165, 1.54) is 6.07 Å². The van der Waals surface area contributed by atoms with E-state index in [2.05, 4.69) is 4.74 Å². The highest BCUT2D eigenvalue weighted by atomic mass is 35.5. The van der Waals surface area contributed by atoms with Crippen LogP contribution in [0.1, 0.15) is 27.0 Å². The number of ether oxygens (including phenoxy) is 1. The number of hydrogen-bond acceptors (Lipinski definition) is 3. The van der Waals surface area contributed by atoms with Crippen molar-refractivity contribution in [1.82, 2.24) is 0 Å². The second kappa shape index (κ2) is 5.27. The molecule has 0 saturated carbocycles. The zero-order valence-corrected chi connectivity index (χ0v) is 9.89. The predicted octanol–water partition coefficient (Wildman–Crippen LogP) is 3.10. The van der Waals surface area contributed by atoms with E-state index < -0.39 is 28.8 Å². The summed E-state index contributed by atoms with van der Waals surface area (Å²) in [6.45, 7) is 0. The Kier molecular flexibility index (Phi) is 4.19. The molecule has 1 aromatic rings. The topological polar surface area (TPSA) is 50.1 Å². The van der Waals surface area contributed by atoms with Crippen molar-refractivity contribution < 1.29 is 22.7 Å². The summed E-state index contributed by atoms with van der Waals surface area (Å²) in [5.74, 6) is -1.28. The van der Waals surface area contributed by atoms with Gasteiger partial charge in [-0.15, -0.1) is 11.6 Å². The average Bonchev–Trinajstić information content (AvgIpc) is 2.34. The summed E-state index contributed by atoms with van der Waals surface area (Å²) >= 11 is 5.50. The third-order valence-electron chi connectivity index (χ3n) is 2.16. The van der Waals surface area contributed by atoms with E-state index in [-0.39, 0.29) is 11.4 Å². The van der Waals surface area contributed by atoms with Crippen LogP contribution in [0.3, 0.4) is 0 Å². The lowest BCUT2D eigenvalue weighted by molar-refractivity contribution is -0.138. The summed E-state index contributed by atoms with van der Waals surface area (Å²) in [5.41, 5.74) is -2.42. The molecular weight excluding hydrogens is 271 g/mol. The fraction of sp³-hybridized carbons (Fsp3) is 0.273. The number of esters is 1. The number of hydrogen-bond donors (Lipinski definition) is 0. The van der Waals surface area contributed by atoms with Gasteiger partial charge >= 0.3 is 12.1 Å². The number of benzene rings is 1. The van der Waals surface area contributed by atoms with Crippen molar-refractivity contribution in [3.05, 3.63) is 34.4 Å². The van der Waals surface area contributed by atoms with Gasteiger partial charge in [0.05, 0.1) is 29.9 Å². The van der Waals surface area contributed by atoms with Gasteiger partial charge in [-0.05, 0) is 17.7 Å². The molecule has 0 aromatic heterocycles. The van der Waals surface area contributed by atoms with Gasteiger partial charge in [0.2, 0.25) is 0 Å². The number of halogens is 4. The summed E-state index contributed by atoms with van der Waals surface area (Å²) in [6.07, 6.45) is -4.82. The molecule has 1 aromatic carbocycles. The Balaban J connectivity index is 3.64. The second-order valence-electron chi connectivity index (χ2n) is 3.30. The molecule has 0 unspecified atom stereocenters. The van der Waals surface area contributed by atoms with Crippen LogP contribution in [0, 0.1) is 11.3 Å². The molecule has 0 N–H and O–H groups in total. The van der Waals surface area contributed by atoms with Gasteiger partial charge in [0, 0.05) is 5.88 Å². The smallest absolute Gasteiger partial charge is 0.418 e. The van der Waals surface area contributed by atoms with Gasteiger partial charge in [-0.1, -0.05) is 0 Å². The minimum atomic E-state index is -4.82. The summed E-state index contributed by atoms with van der Waals surface area (Å²) in [7, 11) is 0.960. The van der Waals surface area contributed by atoms with Crippen LogP contribution in [0.5, 0.6) is 0 Å². The molecular formula is C11H7ClF3NO2. The van der Waals surface area contributed by atoms with E-state index in [0.717, 1.165) is 19.2 Å². The van der Waals surface area contributed by atoms with Crippen LogP contribution in [-0.4, -0.2) is 13.1 Å². The average molecular weight is 278 g/mol. The number of nitrogens with zero attached hydrogens (tertiary/aromatic N) is 1. The number of nitriles is 1. The Morgan fingerprint density at radius 2 is 2.11 bits per heavy atom. The Hall–Kier alpha value is -1.74. The Labute approximate surface area is 106 Å². The van der Waals surface area contributed by atoms with Crippen LogP contribution in [0.4, 0.5) is 13.2 Å². The number of methoxy groups -OCH3 is 1. The quantitative estimate of drug-likeness (QED) is 0.616. The monoisotopic (exact) mass is 277 g/mol. The molecule has 0 aliphatic carbocycles. The van der Waals surface area contributed by atoms with Crippen LogP contribution in [0.15, 0.2) is 12.1 Å². The molecule has 0 aliphatic rings. The van der Waals surface area contributed by atoms with Crippen molar-refractivity contribution in [2.75, 3.05) is 7.11 Å². The molecule has 0 bridgehead atoms. The first kappa shape index (κ1) is 14.3. The van der Waals surface area contributed by atoms with E-state index in [1.807, 2.05) is 0 Å². The van der Waals surface area contributed by atoms with Crippen molar-refractivity contribution in [3.8, 4) is 6.07 Å². The SMILES string of the molecule is COC(=O)c1cc(CCl)cc(C#N)c1C(F)(F)F. The van der Waals surface area contributed by atoms with Gasteiger partial charge in [0.15, 0.2) is 0 Å². The highest BCUT2D eigenvalue weighted by Gasteiger charge is 2.38. The first-order chi connectivity index (χ1) is 8.35. The zero-order chi connectivity index (χ0) is 13.9. The van der Waals surface area contributed by atoms with Crippen molar-refractivity contribution in [2.24, 2.45) is 0 Å². The molecule has 0 radical (unpaired) electrons. The van der Waals surface area contributed by atoms with Crippen LogP contribution in [0.2, 0.25) is 0 Å². The number of carbonyl (C=O) groups is 1. The normalized spacial score (nSPS) is 10.9. The second-order valence-corrected chi connectivity index (χ2v) is 3.57. The lowest BCUT2D eigenvalue weighted by Gasteiger charge is -2.14. The standard InChI is InChI=1S/C11H7ClF3NO2/c1-18-10(17)8-3-6(4-12)2-7(5-16)9(8)11(13,14)15/h2-3H,4H2,1H3. The molecule has 96 valence electrons. The zero-order valence-electron chi connectivity index (χ0n) is 9.14. The Morgan fingerprint density at radius 1 is 1.50 bits per heavy atom. The first-order valence-corrected chi connectivity index (χ1v) is 5.17. The van der Waals surface area contributed by atoms with Crippen LogP contribution in [-0.2, 0) is 16.8 Å². The van der Waals surface area contributed by atoms with Gasteiger partial charge in [-0.3, -0.25) is 0 Å². The number of carbonyl (C=O) groups excluding carboxylic acids is 1. The fourth-order valence-corrected chi connectivity index (χ4v) is 1.60. The molecule has 0 spiro atoms. The first-order valence-electron chi connectivity index (χ1n) is 4.63. The van der Waals surface area contributed by atoms with Gasteiger partial charge in [-0.2, -0.15) is 18.4 Å². The third-order valence-corrected chi connectivity index (χ3v) is 2.47. The van der Waals surface area contributed by atoms with E-state index >= 15 is 0 Å². The lowest BCUT2D eigenvalue weighted by atomic mass is 9.98. The maximum absolute atomic E-state index is 12.8. The summed E-state index contributed by atoms with van der Waals surface area (Å²) in [4.78, 5) is 11.3. The van der Waals surface area contributed by atoms with Gasteiger partial charge in [0.25, 0.3) is 0 Å². The van der Waals surface area contributed by atoms with E-state index in [9.17, 15) is 18.0 Å². The maximum atomic E-state index is 12.8. The Bertz CT molecular complexity index is 520. The number of alkyl halides is 4. The minimum Gasteiger partial charge on any atom is -0.465 e. The summed E-state index contributed by atoms with van der Waals surface area (Å²) < 4.78 is 42.8. The molecule has 0 atom stereocenters. The molecule has 7 heteroatoms. The van der Waals surface area contributed by atoms with Gasteiger partial charge in [-0.25, -0.2) is 4.79 Å². The molecule has 18 heavy (non-hydrogen) atoms. The van der Waals surface area contributed by atoms with Crippen molar-refractivity contribution in [3.63, 3.8) is 0 Å². The molecule has 3 nitrogen and oxygen atoms in total. The number of rotatable bonds is 2. The van der Waals surface area contributed by atoms with Crippen molar-refractivity contribution >= 4 is 17.6 Å². The predicted molar refractivity (Wildman–Crippen MR) is 57.1 cm³/mol. The van der Waals surface area contributed by atoms with Crippen LogP contribution < -0.4 is 0 Å². The third kappa shape index (κ3) is 2.74. The molecule has 0 saturated heterocycles. The fourth-order valence-electron chi connectivity index (χ4n) is 1.44. The van der Waals surface area contributed by atoms with Crippen molar-refractivity contribution in [1.29, 1.82) is 5.26 Å². The lowest BCUT2D eigenvalue weighted by Crippen LogP contribution is -2.17. The Morgan fingerprint density at radius 3 is 2.50 bits per heavy atom. The molecule has 0 fully saturated rings. The largest absolute Gasteiger partial charge is 0.465 e. The van der Waals surface area contributed by atoms with Crippen LogP contribution in [0.25, 0.3) is 0 Å². The summed E-state index contributed by atoms with van der Waals surface area (Å²) in [6, 6.07) is 3.39. The van der Waals surface area contributed by atoms with Gasteiger partial charge < -0.3 is 4.74 Å². The van der Waals surface area contributed by atoms with E-state index in [0.29, 0.717) is 0 Å². The molecule has 0 heterocycles. The highest BCUT2D eigenvalue weighted by Crippen LogP contribution is 2.35. The highest BCUT2D eigenvalue weighted by molar-refractivity contribution is 6.17. The molecule has 0 aliphatic heterocycles. The minimum absolute atomic E-state index is 0.114. The summed E-state index contributed by atoms with van der Waals surface area (Å²) in [5, 5.41) is 8.74. The van der Waals surface area contributed by atoms with E-state index in [4.69, 9.17) is 16.9 Å². The van der Waals surface area contributed by atoms with E-state index in [1.54, 1.807) is 0 Å². The maximum Gasteiger partial charge on any atom is 0.418 e. The van der Waals surface area contributed by atoms with Gasteiger partial charge in [0.1, 0.15) is 0 Å². The van der Waals surface area contributed by atoms with Crippen molar-refractivity contribution in [2.45, 2.75) is 12.1 Å². The van der Waals surface area contributed by atoms with Crippen LogP contribution >= 0.6 is 11.6 Å². The molecule has 0 amide bonds.